The molecule has 588 valence electrons. The molecule has 0 heterocycles. The fourth-order valence-corrected chi connectivity index (χ4v) is 13.0. The number of nitrogens with zero attached hydrogens (tertiary/aromatic N) is 1. The van der Waals surface area contributed by atoms with Gasteiger partial charge in [0, 0.05) is 12.8 Å². The average Bonchev–Trinajstić information content (AvgIpc) is 1.25. The maximum atomic E-state index is 13.0. The van der Waals surface area contributed by atoms with E-state index in [0.29, 0.717) is 23.9 Å². The topological polar surface area (TPSA) is 111 Å². The first-order valence-corrected chi connectivity index (χ1v) is 43.7. The third-order valence-corrected chi connectivity index (χ3v) is 19.6. The molecular formula is C92H167NO8. The van der Waals surface area contributed by atoms with Crippen LogP contribution in [0.5, 0.6) is 0 Å². The van der Waals surface area contributed by atoms with Crippen LogP contribution in [0.25, 0.3) is 0 Å². The highest BCUT2D eigenvalue weighted by molar-refractivity contribution is 5.70. The lowest BCUT2D eigenvalue weighted by molar-refractivity contribution is -0.870. The predicted molar refractivity (Wildman–Crippen MR) is 435 cm³/mol. The summed E-state index contributed by atoms with van der Waals surface area (Å²) in [5.41, 5.74) is 0. The van der Waals surface area contributed by atoms with Crippen LogP contribution in [0.15, 0.2) is 85.1 Å². The van der Waals surface area contributed by atoms with Crippen LogP contribution in [0, 0.1) is 0 Å². The minimum absolute atomic E-state index is 0.149. The molecule has 0 amide bonds. The summed E-state index contributed by atoms with van der Waals surface area (Å²) in [5.74, 6) is -2.25. The maximum absolute atomic E-state index is 13.0. The van der Waals surface area contributed by atoms with Gasteiger partial charge in [-0.1, -0.05) is 407 Å². The van der Waals surface area contributed by atoms with Crippen LogP contribution < -0.4 is 5.11 Å². The standard InChI is InChI=1S/C92H167NO8/c1-6-8-10-12-14-16-18-20-22-24-26-28-30-32-34-36-38-40-42-44-45-47-48-50-52-54-56-58-60-62-64-66-68-70-72-74-76-78-80-82-89(94)99-86-88(87-100-92(91(96)97)98-85-84-93(3,4)5)101-90(95)83-81-79-77-75-73-71-69-67-65-63-61-59-57-55-53-51-49-46-43-41-39-37-35-33-31-29-27-25-23-21-19-17-15-13-11-9-7-2/h9,11,15,17,21,23-24,26-27,29,33,35,39,41,88,92H,6-8,10,12-14,16,18-20,22,25,28,30-32,34,36-38,40,42-87H2,1-5H3/b11-9-,17-15-,23-21-,26-24-,29-27-,35-33-,41-39-. The number of ether oxygens (including phenoxy) is 4. The van der Waals surface area contributed by atoms with Crippen LogP contribution >= 0.6 is 0 Å². The Morgan fingerprint density at radius 1 is 0.307 bits per heavy atom. The number of allylic oxidation sites excluding steroid dienone is 14. The molecular weight excluding hydrogens is 1250 g/mol. The molecule has 0 N–H and O–H groups in total. The van der Waals surface area contributed by atoms with Gasteiger partial charge in [-0.15, -0.1) is 0 Å². The lowest BCUT2D eigenvalue weighted by Gasteiger charge is -2.26. The zero-order chi connectivity index (χ0) is 73.2. The second-order valence-corrected chi connectivity index (χ2v) is 30.8. The first-order chi connectivity index (χ1) is 49.6. The predicted octanol–water partition coefficient (Wildman–Crippen LogP) is 27.2. The molecule has 2 unspecified atom stereocenters. The zero-order valence-electron chi connectivity index (χ0n) is 67.5. The highest BCUT2D eigenvalue weighted by Gasteiger charge is 2.22. The van der Waals surface area contributed by atoms with Crippen molar-refractivity contribution in [3.05, 3.63) is 85.1 Å². The van der Waals surface area contributed by atoms with E-state index in [4.69, 9.17) is 18.9 Å². The van der Waals surface area contributed by atoms with Gasteiger partial charge >= 0.3 is 11.9 Å². The SMILES string of the molecule is CC/C=C\C/C=C\C/C=C\C/C=C\C/C=C\C/C=C\CCCCCCCCCCCCCCCCCCCCC(=O)OC(COC(=O)CCCCCCCCCCCCCCCCCCCCCCCCCCCCC/C=C\CCCCCCCCCC)COC(OCC[N+](C)(C)C)C(=O)[O-]. The monoisotopic (exact) mass is 1410 g/mol. The van der Waals surface area contributed by atoms with Crippen LogP contribution in [-0.2, 0) is 33.3 Å². The Kier molecular flexibility index (Phi) is 79.3. The Morgan fingerprint density at radius 2 is 0.564 bits per heavy atom. The number of aliphatic carboxylic acids is 1. The fourth-order valence-electron chi connectivity index (χ4n) is 13.0. The van der Waals surface area contributed by atoms with Crippen molar-refractivity contribution in [1.82, 2.24) is 0 Å². The molecule has 0 fully saturated rings. The van der Waals surface area contributed by atoms with Crippen molar-refractivity contribution in [1.29, 1.82) is 0 Å². The number of carboxylic acid groups (broad SMARTS) is 1. The number of carbonyl (C=O) groups excluding carboxylic acids is 3. The maximum Gasteiger partial charge on any atom is 0.306 e. The fraction of sp³-hybridized carbons (Fsp3) is 0.815. The summed E-state index contributed by atoms with van der Waals surface area (Å²) < 4.78 is 22.9. The van der Waals surface area contributed by atoms with E-state index in [-0.39, 0.29) is 32.2 Å². The van der Waals surface area contributed by atoms with Crippen molar-refractivity contribution in [3.8, 4) is 0 Å². The summed E-state index contributed by atoms with van der Waals surface area (Å²) in [7, 11) is 5.95. The van der Waals surface area contributed by atoms with Gasteiger partial charge in [0.2, 0.25) is 0 Å². The highest BCUT2D eigenvalue weighted by Crippen LogP contribution is 2.20. The Hall–Kier alpha value is -3.53. The Bertz CT molecular complexity index is 1940. The zero-order valence-corrected chi connectivity index (χ0v) is 67.5. The highest BCUT2D eigenvalue weighted by atomic mass is 16.7. The van der Waals surface area contributed by atoms with E-state index >= 15 is 0 Å². The van der Waals surface area contributed by atoms with Gasteiger partial charge < -0.3 is 33.3 Å². The third-order valence-electron chi connectivity index (χ3n) is 19.6. The molecule has 0 aliphatic carbocycles. The van der Waals surface area contributed by atoms with E-state index in [1.807, 2.05) is 21.1 Å². The van der Waals surface area contributed by atoms with Crippen molar-refractivity contribution < 1.29 is 42.9 Å². The molecule has 0 bridgehead atoms. The number of unbranched alkanes of at least 4 members (excludes halogenated alkanes) is 53. The van der Waals surface area contributed by atoms with Crippen LogP contribution in [0.3, 0.4) is 0 Å². The van der Waals surface area contributed by atoms with Crippen molar-refractivity contribution in [2.45, 2.75) is 437 Å². The Labute approximate surface area is 627 Å². The Morgan fingerprint density at radius 3 is 0.851 bits per heavy atom. The molecule has 0 aromatic heterocycles. The summed E-state index contributed by atoms with van der Waals surface area (Å²) in [6.45, 7) is 4.70. The van der Waals surface area contributed by atoms with Gasteiger partial charge in [-0.3, -0.25) is 9.59 Å². The lowest BCUT2D eigenvalue weighted by atomic mass is 10.0. The quantitative estimate of drug-likeness (QED) is 0.0195. The number of hydrogen-bond donors (Lipinski definition) is 0. The van der Waals surface area contributed by atoms with Gasteiger partial charge in [-0.05, 0) is 89.9 Å². The van der Waals surface area contributed by atoms with Crippen molar-refractivity contribution in [3.63, 3.8) is 0 Å². The molecule has 101 heavy (non-hydrogen) atoms. The molecule has 0 aliphatic rings. The van der Waals surface area contributed by atoms with Gasteiger partial charge in [0.1, 0.15) is 13.2 Å². The van der Waals surface area contributed by atoms with Crippen molar-refractivity contribution >= 4 is 17.9 Å². The molecule has 2 atom stereocenters. The van der Waals surface area contributed by atoms with Gasteiger partial charge in [-0.2, -0.15) is 0 Å². The summed E-state index contributed by atoms with van der Waals surface area (Å²) in [5, 5.41) is 11.9. The lowest BCUT2D eigenvalue weighted by Crippen LogP contribution is -2.44. The molecule has 0 aromatic rings. The summed E-state index contributed by atoms with van der Waals surface area (Å²) in [4.78, 5) is 37.7. The van der Waals surface area contributed by atoms with Crippen LogP contribution in [0.4, 0.5) is 0 Å². The molecule has 0 rings (SSSR count). The van der Waals surface area contributed by atoms with Crippen molar-refractivity contribution in [2.24, 2.45) is 0 Å². The molecule has 9 nitrogen and oxygen atoms in total. The number of likely N-dealkylation sites (N-methyl/N-ethyl adjacent to an activating group) is 1. The number of quaternary nitrogens is 1. The van der Waals surface area contributed by atoms with Crippen LogP contribution in [0.1, 0.15) is 425 Å². The molecule has 0 spiro atoms. The van der Waals surface area contributed by atoms with Gasteiger partial charge in [0.05, 0.1) is 40.3 Å². The molecule has 0 radical (unpaired) electrons. The minimum Gasteiger partial charge on any atom is -0.545 e. The van der Waals surface area contributed by atoms with Gasteiger partial charge in [0.15, 0.2) is 12.4 Å². The smallest absolute Gasteiger partial charge is 0.306 e. The van der Waals surface area contributed by atoms with E-state index in [9.17, 15) is 19.5 Å². The number of esters is 2. The van der Waals surface area contributed by atoms with E-state index in [1.54, 1.807) is 0 Å². The largest absolute Gasteiger partial charge is 0.545 e. The van der Waals surface area contributed by atoms with Gasteiger partial charge in [0.25, 0.3) is 0 Å². The van der Waals surface area contributed by atoms with E-state index in [2.05, 4.69) is 98.9 Å². The molecule has 0 aromatic carbocycles. The molecule has 0 aliphatic heterocycles. The molecule has 9 heteroatoms. The second-order valence-electron chi connectivity index (χ2n) is 30.8. The number of carboxylic acids is 1. The van der Waals surface area contributed by atoms with E-state index in [1.165, 1.54) is 321 Å². The third kappa shape index (κ3) is 83.6. The summed E-state index contributed by atoms with van der Waals surface area (Å²) in [6, 6.07) is 0. The Balaban J connectivity index is 3.93. The first-order valence-electron chi connectivity index (χ1n) is 43.7. The summed E-state index contributed by atoms with van der Waals surface area (Å²) in [6.07, 6.45) is 110. The minimum atomic E-state index is -1.62. The number of rotatable bonds is 82. The molecule has 0 saturated carbocycles. The average molecular weight is 1420 g/mol. The summed E-state index contributed by atoms with van der Waals surface area (Å²) >= 11 is 0. The number of hydrogen-bond acceptors (Lipinski definition) is 8. The van der Waals surface area contributed by atoms with Crippen LogP contribution in [-0.4, -0.2) is 82.3 Å². The van der Waals surface area contributed by atoms with E-state index in [0.717, 1.165) is 70.6 Å². The van der Waals surface area contributed by atoms with Gasteiger partial charge in [-0.25, -0.2) is 0 Å². The van der Waals surface area contributed by atoms with Crippen molar-refractivity contribution in [2.75, 3.05) is 47.5 Å². The first kappa shape index (κ1) is 97.5. The molecule has 0 saturated heterocycles. The second kappa shape index (κ2) is 82.1. The van der Waals surface area contributed by atoms with E-state index < -0.39 is 24.3 Å². The van der Waals surface area contributed by atoms with Crippen LogP contribution in [0.2, 0.25) is 0 Å². The number of carbonyl (C=O) groups is 3. The normalized spacial score (nSPS) is 13.0.